The third kappa shape index (κ3) is 10.3. The predicted octanol–water partition coefficient (Wildman–Crippen LogP) is 6.20. The Morgan fingerprint density at radius 3 is 1.52 bits per heavy atom. The van der Waals surface area contributed by atoms with Crippen LogP contribution < -0.4 is 43.4 Å². The van der Waals surface area contributed by atoms with Crippen molar-refractivity contribution in [2.45, 2.75) is 76.8 Å². The number of nitrogens with one attached hydrogen (secondary N) is 2. The molecule has 2 fully saturated rings. The summed E-state index contributed by atoms with van der Waals surface area (Å²) in [4.78, 5) is 73.1. The molecule has 0 saturated carbocycles. The first-order chi connectivity index (χ1) is 30.8. The summed E-state index contributed by atoms with van der Waals surface area (Å²) in [6.07, 6.45) is 9.22. The van der Waals surface area contributed by atoms with Gasteiger partial charge >= 0.3 is 0 Å². The number of carbonyl (C=O) groups is 4. The number of anilines is 6. The highest BCUT2D eigenvalue weighted by Gasteiger charge is 2.40. The quantitative estimate of drug-likeness (QED) is 0.0753. The molecule has 6 aromatic heterocycles. The van der Waals surface area contributed by atoms with Crippen molar-refractivity contribution in [3.63, 3.8) is 0 Å². The van der Waals surface area contributed by atoms with Gasteiger partial charge in [0.1, 0.15) is 31.1 Å². The fraction of sp³-hybridized carbons (Fsp3) is 0.364. The van der Waals surface area contributed by atoms with Crippen LogP contribution in [0.1, 0.15) is 86.5 Å². The maximum atomic E-state index is 13.3. The molecule has 2 aliphatic heterocycles. The molecule has 18 nitrogen and oxygen atoms in total. The van der Waals surface area contributed by atoms with Crippen LogP contribution in [0.3, 0.4) is 0 Å². The van der Waals surface area contributed by atoms with Gasteiger partial charge in [0, 0.05) is 55.4 Å². The van der Waals surface area contributed by atoms with Crippen molar-refractivity contribution in [3.05, 3.63) is 82.1 Å². The lowest BCUT2D eigenvalue weighted by Crippen LogP contribution is -2.47. The zero-order valence-electron chi connectivity index (χ0n) is 36.9. The Bertz CT molecular complexity index is 2730. The highest BCUT2D eigenvalue weighted by atomic mass is 32.1. The van der Waals surface area contributed by atoms with E-state index in [0.717, 1.165) is 48.6 Å². The van der Waals surface area contributed by atoms with Gasteiger partial charge in [-0.05, 0) is 80.2 Å². The predicted molar refractivity (Wildman–Crippen MR) is 260 cm³/mol. The van der Waals surface area contributed by atoms with Crippen LogP contribution >= 0.6 is 22.7 Å². The smallest absolute Gasteiger partial charge is 0.260 e. The number of amides is 4. The number of pyridine rings is 4. The van der Waals surface area contributed by atoms with Crippen molar-refractivity contribution >= 4 is 109 Å². The van der Waals surface area contributed by atoms with Gasteiger partial charge in [-0.2, -0.15) is 0 Å². The van der Waals surface area contributed by atoms with Gasteiger partial charge in [-0.3, -0.25) is 29.1 Å². The van der Waals surface area contributed by atoms with Gasteiger partial charge in [-0.15, -0.1) is 22.7 Å². The van der Waals surface area contributed by atoms with Crippen molar-refractivity contribution in [1.82, 2.24) is 19.9 Å². The number of hydrogen-bond acceptors (Lipinski definition) is 16. The monoisotopic (exact) mass is 938 g/mol. The second-order valence-electron chi connectivity index (χ2n) is 17.5. The molecule has 8 heterocycles. The molecule has 21 heteroatoms. The average Bonchev–Trinajstić information content (AvgIpc) is 3.80. The molecular weight excluding hydrogens is 885 g/mol. The SMILES string of the molecule is CC(C)(C)[Si](C)(C)OC1CCN(c2cc(C(=O)Nc3cccnc3)c3c(N)c(C(N)=O)sc3n2)CC1.NC(=O)c1sc2nc(N3CCC(O)CC3)cc(C(=O)Nc3cccnc3)c2c1N. The van der Waals surface area contributed by atoms with Crippen LogP contribution in [0.5, 0.6) is 0 Å². The van der Waals surface area contributed by atoms with Crippen LogP contribution in [0.2, 0.25) is 18.1 Å². The second kappa shape index (κ2) is 19.1. The number of fused-ring (bicyclic) bond motifs is 2. The van der Waals surface area contributed by atoms with Crippen molar-refractivity contribution in [1.29, 1.82) is 0 Å². The average molecular weight is 939 g/mol. The zero-order chi connectivity index (χ0) is 46.8. The Labute approximate surface area is 384 Å². The zero-order valence-corrected chi connectivity index (χ0v) is 39.5. The molecule has 2 aliphatic rings. The molecule has 4 amide bonds. The normalized spacial score (nSPS) is 15.1. The number of aliphatic hydroxyl groups is 1. The number of primary amides is 2. The van der Waals surface area contributed by atoms with E-state index >= 15 is 0 Å². The molecule has 6 aromatic rings. The van der Waals surface area contributed by atoms with Gasteiger partial charge < -0.3 is 52.9 Å². The van der Waals surface area contributed by atoms with E-state index in [2.05, 4.69) is 64.4 Å². The second-order valence-corrected chi connectivity index (χ2v) is 24.3. The van der Waals surface area contributed by atoms with Gasteiger partial charge in [0.05, 0.1) is 52.4 Å². The standard InChI is InChI=1S/C25H34N6O3SSi.C19H20N6O3S/c1-25(2,3)36(4,5)34-16-8-11-31(12-9-16)18-13-17(23(33)29-15-7-6-10-28-14-15)19-20(26)21(22(27)32)35-24(19)30-18;20-15-14-12(18(28)23-10-2-1-5-22-9-10)8-13(25-6-3-11(26)4-7-25)24-19(14)29-16(15)17(21)27/h6-7,10,13-14,16H,8-9,11-12,26H2,1-5H3,(H2,27,32)(H,29,33);1-2,5,8-9,11,26H,3-4,6-7,20H2,(H2,21,27)(H,23,28). The number of nitrogens with two attached hydrogens (primary N) is 4. The first kappa shape index (κ1) is 46.7. The van der Waals surface area contributed by atoms with Gasteiger partial charge in [0.2, 0.25) is 0 Å². The number of hydrogen-bond donors (Lipinski definition) is 7. The number of aliphatic hydroxyl groups excluding tert-OH is 1. The summed E-state index contributed by atoms with van der Waals surface area (Å²) in [5.74, 6) is -0.775. The van der Waals surface area contributed by atoms with E-state index in [4.69, 9.17) is 32.3 Å². The summed E-state index contributed by atoms with van der Waals surface area (Å²) < 4.78 is 6.63. The number of piperidine rings is 2. The summed E-state index contributed by atoms with van der Waals surface area (Å²) in [5, 5.41) is 16.4. The number of nitrogens with zero attached hydrogens (tertiary/aromatic N) is 6. The largest absolute Gasteiger partial charge is 0.414 e. The van der Waals surface area contributed by atoms with Gasteiger partial charge in [-0.1, -0.05) is 20.8 Å². The Kier molecular flexibility index (Phi) is 13.7. The molecule has 2 saturated heterocycles. The van der Waals surface area contributed by atoms with Crippen molar-refractivity contribution < 1.29 is 28.7 Å². The Hall–Kier alpha value is -6.26. The lowest BCUT2D eigenvalue weighted by Gasteiger charge is -2.42. The van der Waals surface area contributed by atoms with Crippen molar-refractivity contribution in [3.8, 4) is 0 Å². The van der Waals surface area contributed by atoms with E-state index in [0.29, 0.717) is 80.5 Å². The van der Waals surface area contributed by atoms with E-state index in [9.17, 15) is 24.3 Å². The van der Waals surface area contributed by atoms with E-state index in [1.165, 1.54) is 6.20 Å². The molecule has 0 radical (unpaired) electrons. The fourth-order valence-corrected chi connectivity index (χ4v) is 10.8. The maximum absolute atomic E-state index is 13.3. The molecule has 8 rings (SSSR count). The molecule has 0 atom stereocenters. The highest BCUT2D eigenvalue weighted by molar-refractivity contribution is 7.21. The first-order valence-electron chi connectivity index (χ1n) is 21.2. The van der Waals surface area contributed by atoms with E-state index in [1.54, 1.807) is 55.0 Å². The summed E-state index contributed by atoms with van der Waals surface area (Å²) in [6.45, 7) is 14.0. The molecule has 0 aliphatic carbocycles. The minimum Gasteiger partial charge on any atom is -0.414 e. The Morgan fingerprint density at radius 2 is 1.15 bits per heavy atom. The Balaban J connectivity index is 0.000000198. The lowest BCUT2D eigenvalue weighted by molar-refractivity contribution is 0.0996. The van der Waals surface area contributed by atoms with E-state index in [1.807, 2.05) is 4.90 Å². The minimum atomic E-state index is -1.85. The van der Waals surface area contributed by atoms with Crippen LogP contribution in [-0.2, 0) is 4.43 Å². The van der Waals surface area contributed by atoms with Crippen molar-refractivity contribution in [2.24, 2.45) is 11.5 Å². The summed E-state index contributed by atoms with van der Waals surface area (Å²) in [5.41, 5.74) is 25.5. The van der Waals surface area contributed by atoms with Gasteiger partial charge in [-0.25, -0.2) is 9.97 Å². The van der Waals surface area contributed by atoms with E-state index in [-0.39, 0.29) is 50.2 Å². The molecule has 0 bridgehead atoms. The maximum Gasteiger partial charge on any atom is 0.260 e. The van der Waals surface area contributed by atoms with Crippen LogP contribution in [0.25, 0.3) is 20.4 Å². The molecule has 11 N–H and O–H groups in total. The number of nitrogen functional groups attached to an aromatic ring is 2. The topological polar surface area (TPSA) is 284 Å². The number of carbonyl (C=O) groups excluding carboxylic acids is 4. The number of rotatable bonds is 10. The third-order valence-corrected chi connectivity index (χ3v) is 18.7. The summed E-state index contributed by atoms with van der Waals surface area (Å²) in [7, 11) is -1.85. The van der Waals surface area contributed by atoms with Crippen LogP contribution in [-0.4, -0.2) is 95.4 Å². The number of thiophene rings is 2. The summed E-state index contributed by atoms with van der Waals surface area (Å²) >= 11 is 2.18. The third-order valence-electron chi connectivity index (χ3n) is 12.0. The van der Waals surface area contributed by atoms with Crippen LogP contribution in [0.15, 0.2) is 61.2 Å². The molecule has 342 valence electrons. The highest BCUT2D eigenvalue weighted by Crippen LogP contribution is 2.41. The first-order valence-corrected chi connectivity index (χ1v) is 25.7. The minimum absolute atomic E-state index is 0.155. The van der Waals surface area contributed by atoms with Gasteiger partial charge in [0.15, 0.2) is 8.32 Å². The Morgan fingerprint density at radius 1 is 0.738 bits per heavy atom. The lowest BCUT2D eigenvalue weighted by atomic mass is 10.1. The molecule has 65 heavy (non-hydrogen) atoms. The molecule has 0 unspecified atom stereocenters. The van der Waals surface area contributed by atoms with Crippen LogP contribution in [0.4, 0.5) is 34.4 Å². The van der Waals surface area contributed by atoms with Gasteiger partial charge in [0.25, 0.3) is 23.6 Å². The summed E-state index contributed by atoms with van der Waals surface area (Å²) in [6, 6.07) is 10.3. The molecular formula is C44H54N12O6S2Si. The van der Waals surface area contributed by atoms with Crippen molar-refractivity contribution in [2.75, 3.05) is 58.1 Å². The molecule has 0 aromatic carbocycles. The van der Waals surface area contributed by atoms with Crippen LogP contribution in [0, 0.1) is 0 Å². The van der Waals surface area contributed by atoms with E-state index < -0.39 is 20.1 Å². The fourth-order valence-electron chi connectivity index (χ4n) is 7.43. The number of aromatic nitrogens is 4. The molecule has 0 spiro atoms.